The van der Waals surface area contributed by atoms with Gasteiger partial charge >= 0.3 is 0 Å². The van der Waals surface area contributed by atoms with Crippen LogP contribution in [0.5, 0.6) is 5.75 Å². The first-order valence-corrected chi connectivity index (χ1v) is 5.85. The zero-order valence-corrected chi connectivity index (χ0v) is 10.4. The van der Waals surface area contributed by atoms with E-state index in [9.17, 15) is 0 Å². The lowest BCUT2D eigenvalue weighted by molar-refractivity contribution is 0.312. The van der Waals surface area contributed by atoms with E-state index in [2.05, 4.69) is 38.8 Å². The summed E-state index contributed by atoms with van der Waals surface area (Å²) in [7, 11) is 0. The molecule has 0 saturated carbocycles. The van der Waals surface area contributed by atoms with Crippen molar-refractivity contribution in [2.75, 3.05) is 6.61 Å². The molecule has 86 valence electrons. The Morgan fingerprint density at radius 2 is 2.19 bits per heavy atom. The molecule has 0 saturated heterocycles. The molecule has 0 bridgehead atoms. The van der Waals surface area contributed by atoms with Gasteiger partial charge < -0.3 is 4.74 Å². The molecule has 1 heteroatoms. The van der Waals surface area contributed by atoms with Gasteiger partial charge in [0.1, 0.15) is 5.75 Å². The fraction of sp³-hybridized carbons (Fsp3) is 0.467. The Morgan fingerprint density at radius 3 is 2.81 bits per heavy atom. The third-order valence-electron chi connectivity index (χ3n) is 2.58. The van der Waals surface area contributed by atoms with E-state index < -0.39 is 0 Å². The molecule has 0 aromatic heterocycles. The summed E-state index contributed by atoms with van der Waals surface area (Å²) < 4.78 is 5.74. The zero-order chi connectivity index (χ0) is 12.0. The Labute approximate surface area is 98.8 Å². The van der Waals surface area contributed by atoms with Crippen molar-refractivity contribution in [1.82, 2.24) is 0 Å². The molecule has 0 spiro atoms. The highest BCUT2D eigenvalue weighted by atomic mass is 16.5. The molecular formula is C15H20O. The summed E-state index contributed by atoms with van der Waals surface area (Å²) in [4.78, 5) is 0. The van der Waals surface area contributed by atoms with Crippen LogP contribution in [0.2, 0.25) is 0 Å². The van der Waals surface area contributed by atoms with Gasteiger partial charge in [-0.3, -0.25) is 0 Å². The molecule has 0 heterocycles. The highest BCUT2D eigenvalue weighted by molar-refractivity contribution is 5.39. The zero-order valence-electron chi connectivity index (χ0n) is 10.4. The molecule has 1 atom stereocenters. The van der Waals surface area contributed by atoms with E-state index in [1.165, 1.54) is 11.1 Å². The lowest BCUT2D eigenvalue weighted by Crippen LogP contribution is -2.02. The van der Waals surface area contributed by atoms with Crippen LogP contribution in [0.4, 0.5) is 0 Å². The number of terminal acetylenes is 1. The molecule has 16 heavy (non-hydrogen) atoms. The van der Waals surface area contributed by atoms with Crippen LogP contribution in [0.25, 0.3) is 0 Å². The summed E-state index contributed by atoms with van der Waals surface area (Å²) in [5, 5.41) is 0. The summed E-state index contributed by atoms with van der Waals surface area (Å²) in [6, 6.07) is 6.30. The summed E-state index contributed by atoms with van der Waals surface area (Å²) in [6.45, 7) is 7.11. The van der Waals surface area contributed by atoms with Crippen molar-refractivity contribution in [2.45, 2.75) is 39.5 Å². The molecule has 0 fully saturated rings. The van der Waals surface area contributed by atoms with Gasteiger partial charge in [0, 0.05) is 6.42 Å². The van der Waals surface area contributed by atoms with Crippen molar-refractivity contribution in [3.63, 3.8) is 0 Å². The van der Waals surface area contributed by atoms with Gasteiger partial charge in [-0.2, -0.15) is 0 Å². The number of aryl methyl sites for hydroxylation is 1. The number of hydrogen-bond donors (Lipinski definition) is 0. The van der Waals surface area contributed by atoms with Gasteiger partial charge in [-0.05, 0) is 30.9 Å². The predicted molar refractivity (Wildman–Crippen MR) is 68.8 cm³/mol. The largest absolute Gasteiger partial charge is 0.493 e. The third kappa shape index (κ3) is 3.31. The van der Waals surface area contributed by atoms with Crippen LogP contribution < -0.4 is 4.74 Å². The first kappa shape index (κ1) is 12.6. The maximum atomic E-state index is 5.74. The highest BCUT2D eigenvalue weighted by Gasteiger charge is 2.10. The SMILES string of the molecule is C#CCC(C)c1cc(C)ccc1OCCC. The molecule has 0 aliphatic carbocycles. The van der Waals surface area contributed by atoms with Crippen molar-refractivity contribution >= 4 is 0 Å². The van der Waals surface area contributed by atoms with E-state index in [4.69, 9.17) is 11.2 Å². The van der Waals surface area contributed by atoms with E-state index >= 15 is 0 Å². The second-order valence-electron chi connectivity index (χ2n) is 4.20. The minimum atomic E-state index is 0.358. The monoisotopic (exact) mass is 216 g/mol. The van der Waals surface area contributed by atoms with Crippen molar-refractivity contribution in [3.8, 4) is 18.1 Å². The molecule has 0 N–H and O–H groups in total. The third-order valence-corrected chi connectivity index (χ3v) is 2.58. The van der Waals surface area contributed by atoms with E-state index in [-0.39, 0.29) is 0 Å². The summed E-state index contributed by atoms with van der Waals surface area (Å²) in [5.41, 5.74) is 2.48. The first-order chi connectivity index (χ1) is 7.69. The number of hydrogen-bond acceptors (Lipinski definition) is 1. The van der Waals surface area contributed by atoms with Crippen LogP contribution in [0.15, 0.2) is 18.2 Å². The maximum Gasteiger partial charge on any atom is 0.122 e. The fourth-order valence-electron chi connectivity index (χ4n) is 1.68. The Bertz CT molecular complexity index is 374. The van der Waals surface area contributed by atoms with Crippen LogP contribution in [-0.2, 0) is 0 Å². The van der Waals surface area contributed by atoms with Crippen LogP contribution >= 0.6 is 0 Å². The molecule has 0 amide bonds. The molecule has 1 nitrogen and oxygen atoms in total. The fourth-order valence-corrected chi connectivity index (χ4v) is 1.68. The predicted octanol–water partition coefficient (Wildman–Crippen LogP) is 3.91. The second kappa shape index (κ2) is 6.23. The maximum absolute atomic E-state index is 5.74. The topological polar surface area (TPSA) is 9.23 Å². The highest BCUT2D eigenvalue weighted by Crippen LogP contribution is 2.29. The van der Waals surface area contributed by atoms with Gasteiger partial charge in [0.05, 0.1) is 6.61 Å². The molecule has 1 aromatic rings. The average Bonchev–Trinajstić information content (AvgIpc) is 2.27. The first-order valence-electron chi connectivity index (χ1n) is 5.85. The minimum Gasteiger partial charge on any atom is -0.493 e. The Balaban J connectivity index is 2.94. The van der Waals surface area contributed by atoms with Crippen molar-refractivity contribution in [3.05, 3.63) is 29.3 Å². The van der Waals surface area contributed by atoms with Crippen molar-refractivity contribution in [2.24, 2.45) is 0 Å². The van der Waals surface area contributed by atoms with Crippen LogP contribution in [-0.4, -0.2) is 6.61 Å². The van der Waals surface area contributed by atoms with Crippen molar-refractivity contribution in [1.29, 1.82) is 0 Å². The molecule has 0 radical (unpaired) electrons. The number of benzene rings is 1. The second-order valence-corrected chi connectivity index (χ2v) is 4.20. The molecule has 1 aromatic carbocycles. The van der Waals surface area contributed by atoms with Crippen LogP contribution in [0.3, 0.4) is 0 Å². The van der Waals surface area contributed by atoms with E-state index in [1.54, 1.807) is 0 Å². The molecule has 1 rings (SSSR count). The number of ether oxygens (including phenoxy) is 1. The van der Waals surface area contributed by atoms with Gasteiger partial charge in [-0.25, -0.2) is 0 Å². The lowest BCUT2D eigenvalue weighted by Gasteiger charge is -2.16. The smallest absolute Gasteiger partial charge is 0.122 e. The van der Waals surface area contributed by atoms with Gasteiger partial charge in [-0.1, -0.05) is 31.5 Å². The minimum absolute atomic E-state index is 0.358. The van der Waals surface area contributed by atoms with Crippen LogP contribution in [0.1, 0.15) is 43.7 Å². The average molecular weight is 216 g/mol. The summed E-state index contributed by atoms with van der Waals surface area (Å²) >= 11 is 0. The summed E-state index contributed by atoms with van der Waals surface area (Å²) in [5.74, 6) is 4.05. The van der Waals surface area contributed by atoms with Crippen LogP contribution in [0, 0.1) is 19.3 Å². The Hall–Kier alpha value is -1.42. The van der Waals surface area contributed by atoms with Gasteiger partial charge in [-0.15, -0.1) is 12.3 Å². The van der Waals surface area contributed by atoms with E-state index in [0.717, 1.165) is 25.2 Å². The van der Waals surface area contributed by atoms with Crippen molar-refractivity contribution < 1.29 is 4.74 Å². The lowest BCUT2D eigenvalue weighted by atomic mass is 9.95. The Morgan fingerprint density at radius 1 is 1.44 bits per heavy atom. The quantitative estimate of drug-likeness (QED) is 0.678. The normalized spacial score (nSPS) is 11.9. The van der Waals surface area contributed by atoms with Gasteiger partial charge in [0.2, 0.25) is 0 Å². The summed E-state index contributed by atoms with van der Waals surface area (Å²) in [6.07, 6.45) is 7.14. The Kier molecular flexibility index (Phi) is 4.92. The standard InChI is InChI=1S/C15H20O/c1-5-7-13(4)14-11-12(3)8-9-15(14)16-10-6-2/h1,8-9,11,13H,6-7,10H2,2-4H3. The molecule has 1 unspecified atom stereocenters. The molecular weight excluding hydrogens is 196 g/mol. The van der Waals surface area contributed by atoms with Gasteiger partial charge in [0.15, 0.2) is 0 Å². The van der Waals surface area contributed by atoms with E-state index in [0.29, 0.717) is 5.92 Å². The molecule has 0 aliphatic rings. The van der Waals surface area contributed by atoms with E-state index in [1.807, 2.05) is 6.07 Å². The van der Waals surface area contributed by atoms with Gasteiger partial charge in [0.25, 0.3) is 0 Å². The number of rotatable bonds is 5. The molecule has 0 aliphatic heterocycles.